The van der Waals surface area contributed by atoms with Gasteiger partial charge in [-0.15, -0.1) is 0 Å². The number of esters is 2. The fourth-order valence-corrected chi connectivity index (χ4v) is 4.21. The maximum atomic E-state index is 11.7. The van der Waals surface area contributed by atoms with Crippen molar-refractivity contribution in [1.82, 2.24) is 0 Å². The maximum Gasteiger partial charge on any atom is 0.371 e. The van der Waals surface area contributed by atoms with Gasteiger partial charge in [0.05, 0.1) is 0 Å². The Morgan fingerprint density at radius 3 is 1.30 bits per heavy atom. The van der Waals surface area contributed by atoms with E-state index in [4.69, 9.17) is 9.47 Å². The Labute approximate surface area is 175 Å². The minimum absolute atomic E-state index is 0.0470. The van der Waals surface area contributed by atoms with E-state index in [2.05, 4.69) is 0 Å². The lowest BCUT2D eigenvalue weighted by molar-refractivity contribution is -0.159. The Morgan fingerprint density at radius 1 is 0.667 bits per heavy atom. The fourth-order valence-electron chi connectivity index (χ4n) is 4.21. The van der Waals surface area contributed by atoms with Crippen LogP contribution in [0.1, 0.15) is 49.0 Å². The van der Waals surface area contributed by atoms with E-state index in [1.165, 1.54) is 0 Å². The Balaban J connectivity index is 1.74. The number of aldehydes is 2. The van der Waals surface area contributed by atoms with Crippen molar-refractivity contribution in [3.8, 4) is 0 Å². The van der Waals surface area contributed by atoms with Crippen LogP contribution in [0.15, 0.2) is 60.7 Å². The largest absolute Gasteiger partial charge is 0.452 e. The standard InChI is InChI=1S/C24H24O6/c25-15-21(27)29-23(17-7-3-1-4-8-17)19-11-13-20(14-12-19)24(30-22(28)16-26)18-9-5-2-6-10-18/h1-10,15-16,19-20,23-24H,11-14H2. The third-order valence-electron chi connectivity index (χ3n) is 5.61. The van der Waals surface area contributed by atoms with E-state index < -0.39 is 24.1 Å². The molecule has 0 aromatic heterocycles. The molecule has 6 nitrogen and oxygen atoms in total. The SMILES string of the molecule is O=CC(=O)OC(c1ccccc1)C1CCC(C(OC(=O)C=O)c2ccccc2)CC1. The Morgan fingerprint density at radius 2 is 1.00 bits per heavy atom. The van der Waals surface area contributed by atoms with Crippen LogP contribution in [-0.2, 0) is 28.7 Å². The van der Waals surface area contributed by atoms with Crippen molar-refractivity contribution in [3.63, 3.8) is 0 Å². The number of rotatable bonds is 8. The first-order valence-electron chi connectivity index (χ1n) is 10.0. The predicted molar refractivity (Wildman–Crippen MR) is 108 cm³/mol. The normalized spacial score (nSPS) is 20.4. The van der Waals surface area contributed by atoms with Crippen LogP contribution in [0.2, 0.25) is 0 Å². The Kier molecular flexibility index (Phi) is 7.49. The molecule has 6 heteroatoms. The second-order valence-corrected chi connectivity index (χ2v) is 7.45. The summed E-state index contributed by atoms with van der Waals surface area (Å²) in [6.45, 7) is 0. The van der Waals surface area contributed by atoms with E-state index >= 15 is 0 Å². The summed E-state index contributed by atoms with van der Waals surface area (Å²) in [7, 11) is 0. The van der Waals surface area contributed by atoms with Crippen molar-refractivity contribution in [2.75, 3.05) is 0 Å². The highest BCUT2D eigenvalue weighted by atomic mass is 16.6. The summed E-state index contributed by atoms with van der Waals surface area (Å²) in [5.41, 5.74) is 1.70. The van der Waals surface area contributed by atoms with E-state index in [0.717, 1.165) is 36.8 Å². The summed E-state index contributed by atoms with van der Waals surface area (Å²) in [6, 6.07) is 18.8. The number of carbonyl (C=O) groups excluding carboxylic acids is 4. The average Bonchev–Trinajstić information content (AvgIpc) is 2.82. The van der Waals surface area contributed by atoms with E-state index in [0.29, 0.717) is 0 Å². The molecule has 0 radical (unpaired) electrons. The molecular formula is C24H24O6. The van der Waals surface area contributed by atoms with Crippen molar-refractivity contribution >= 4 is 24.5 Å². The number of hydrogen-bond acceptors (Lipinski definition) is 6. The minimum Gasteiger partial charge on any atom is -0.452 e. The predicted octanol–water partition coefficient (Wildman–Crippen LogP) is 3.76. The third kappa shape index (κ3) is 5.41. The van der Waals surface area contributed by atoms with E-state index in [-0.39, 0.29) is 24.4 Å². The maximum absolute atomic E-state index is 11.7. The van der Waals surface area contributed by atoms with Crippen molar-refractivity contribution in [2.24, 2.45) is 11.8 Å². The molecule has 2 unspecified atom stereocenters. The topological polar surface area (TPSA) is 86.7 Å². The van der Waals surface area contributed by atoms with Crippen LogP contribution in [0.3, 0.4) is 0 Å². The van der Waals surface area contributed by atoms with Crippen LogP contribution in [0.4, 0.5) is 0 Å². The molecule has 1 aliphatic rings. The molecule has 0 spiro atoms. The Hall–Kier alpha value is -3.28. The van der Waals surface area contributed by atoms with Gasteiger partial charge in [0.15, 0.2) is 0 Å². The van der Waals surface area contributed by atoms with Gasteiger partial charge in [-0.3, -0.25) is 9.59 Å². The second kappa shape index (κ2) is 10.5. The third-order valence-corrected chi connectivity index (χ3v) is 5.61. The van der Waals surface area contributed by atoms with Crippen molar-refractivity contribution in [2.45, 2.75) is 37.9 Å². The minimum atomic E-state index is -0.881. The first kappa shape index (κ1) is 21.4. The fraction of sp³-hybridized carbons (Fsp3) is 0.333. The van der Waals surface area contributed by atoms with Gasteiger partial charge in [0.25, 0.3) is 0 Å². The number of ether oxygens (including phenoxy) is 2. The molecule has 30 heavy (non-hydrogen) atoms. The van der Waals surface area contributed by atoms with Gasteiger partial charge in [-0.1, -0.05) is 60.7 Å². The summed E-state index contributed by atoms with van der Waals surface area (Å²) < 4.78 is 10.9. The van der Waals surface area contributed by atoms with Gasteiger partial charge in [-0.2, -0.15) is 0 Å². The lowest BCUT2D eigenvalue weighted by Gasteiger charge is -2.36. The molecule has 0 saturated heterocycles. The zero-order chi connectivity index (χ0) is 21.3. The number of hydrogen-bond donors (Lipinski definition) is 0. The van der Waals surface area contributed by atoms with Crippen LogP contribution in [0.5, 0.6) is 0 Å². The molecule has 0 amide bonds. The van der Waals surface area contributed by atoms with E-state index in [9.17, 15) is 19.2 Å². The average molecular weight is 408 g/mol. The van der Waals surface area contributed by atoms with Gasteiger partial charge >= 0.3 is 11.9 Å². The summed E-state index contributed by atoms with van der Waals surface area (Å²) in [4.78, 5) is 45.0. The van der Waals surface area contributed by atoms with Gasteiger partial charge in [-0.05, 0) is 36.8 Å². The van der Waals surface area contributed by atoms with E-state index in [1.54, 1.807) is 0 Å². The Bertz CT molecular complexity index is 782. The quantitative estimate of drug-likeness (QED) is 0.376. The molecule has 1 saturated carbocycles. The molecule has 0 aliphatic heterocycles. The van der Waals surface area contributed by atoms with E-state index in [1.807, 2.05) is 60.7 Å². The van der Waals surface area contributed by atoms with Crippen LogP contribution < -0.4 is 0 Å². The van der Waals surface area contributed by atoms with Crippen LogP contribution in [0, 0.1) is 11.8 Å². The molecule has 2 aromatic carbocycles. The molecule has 2 atom stereocenters. The highest BCUT2D eigenvalue weighted by Crippen LogP contribution is 2.44. The summed E-state index contributed by atoms with van der Waals surface area (Å²) in [5.74, 6) is -1.67. The molecule has 2 aromatic rings. The summed E-state index contributed by atoms with van der Waals surface area (Å²) in [6.07, 6.45) is 2.31. The smallest absolute Gasteiger partial charge is 0.371 e. The monoisotopic (exact) mass is 408 g/mol. The number of carbonyl (C=O) groups is 4. The molecule has 0 heterocycles. The molecule has 0 N–H and O–H groups in total. The highest BCUT2D eigenvalue weighted by Gasteiger charge is 2.35. The van der Waals surface area contributed by atoms with Gasteiger partial charge in [-0.25, -0.2) is 9.59 Å². The highest BCUT2D eigenvalue weighted by molar-refractivity contribution is 6.20. The van der Waals surface area contributed by atoms with Gasteiger partial charge in [0.1, 0.15) is 12.2 Å². The van der Waals surface area contributed by atoms with Crippen LogP contribution >= 0.6 is 0 Å². The van der Waals surface area contributed by atoms with Gasteiger partial charge in [0, 0.05) is 11.8 Å². The number of benzene rings is 2. The van der Waals surface area contributed by atoms with Crippen LogP contribution in [-0.4, -0.2) is 24.5 Å². The molecular weight excluding hydrogens is 384 g/mol. The molecule has 3 rings (SSSR count). The first-order chi connectivity index (χ1) is 14.6. The van der Waals surface area contributed by atoms with Gasteiger partial charge in [0.2, 0.25) is 12.6 Å². The summed E-state index contributed by atoms with van der Waals surface area (Å²) >= 11 is 0. The lowest BCUT2D eigenvalue weighted by Crippen LogP contribution is -2.28. The first-order valence-corrected chi connectivity index (χ1v) is 10.0. The molecule has 0 bridgehead atoms. The lowest BCUT2D eigenvalue weighted by atomic mass is 9.74. The van der Waals surface area contributed by atoms with Crippen molar-refractivity contribution in [1.29, 1.82) is 0 Å². The zero-order valence-corrected chi connectivity index (χ0v) is 16.5. The molecule has 1 fully saturated rings. The van der Waals surface area contributed by atoms with Crippen LogP contribution in [0.25, 0.3) is 0 Å². The van der Waals surface area contributed by atoms with Crippen molar-refractivity contribution < 1.29 is 28.7 Å². The van der Waals surface area contributed by atoms with Crippen molar-refractivity contribution in [3.05, 3.63) is 71.8 Å². The second-order valence-electron chi connectivity index (χ2n) is 7.45. The summed E-state index contributed by atoms with van der Waals surface area (Å²) in [5, 5.41) is 0. The molecule has 156 valence electrons. The molecule has 1 aliphatic carbocycles. The zero-order valence-electron chi connectivity index (χ0n) is 16.5. The van der Waals surface area contributed by atoms with Gasteiger partial charge < -0.3 is 9.47 Å².